The molecule has 0 atom stereocenters. The van der Waals surface area contributed by atoms with Crippen LogP contribution in [-0.2, 0) is 13.0 Å². The molecule has 1 heterocycles. The third kappa shape index (κ3) is 3.35. The molecule has 0 N–H and O–H groups in total. The maximum absolute atomic E-state index is 12.0. The van der Waals surface area contributed by atoms with Crippen LogP contribution in [0.2, 0.25) is 5.15 Å². The molecule has 0 radical (unpaired) electrons. The van der Waals surface area contributed by atoms with Gasteiger partial charge in [0.2, 0.25) is 5.75 Å². The van der Waals surface area contributed by atoms with Gasteiger partial charge >= 0.3 is 0 Å². The van der Waals surface area contributed by atoms with Crippen LogP contribution in [0.3, 0.4) is 0 Å². The lowest BCUT2D eigenvalue weighted by atomic mass is 10.1. The fourth-order valence-electron chi connectivity index (χ4n) is 1.88. The van der Waals surface area contributed by atoms with E-state index in [1.807, 2.05) is 18.2 Å². The highest BCUT2D eigenvalue weighted by Gasteiger charge is 2.09. The minimum Gasteiger partial charge on any atom is -0.489 e. The van der Waals surface area contributed by atoms with Crippen molar-refractivity contribution in [3.63, 3.8) is 0 Å². The van der Waals surface area contributed by atoms with E-state index in [0.29, 0.717) is 6.54 Å². The molecular weight excluding hydrogens is 264 g/mol. The quantitative estimate of drug-likeness (QED) is 0.790. The molecule has 0 saturated carbocycles. The van der Waals surface area contributed by atoms with Crippen LogP contribution in [0, 0.1) is 0 Å². The molecule has 0 unspecified atom stereocenters. The zero-order valence-corrected chi connectivity index (χ0v) is 11.4. The van der Waals surface area contributed by atoms with Crippen molar-refractivity contribution in [3.05, 3.63) is 57.7 Å². The van der Waals surface area contributed by atoms with Crippen LogP contribution in [0.4, 0.5) is 0 Å². The monoisotopic (exact) mass is 278 g/mol. The van der Waals surface area contributed by atoms with Gasteiger partial charge in [-0.1, -0.05) is 41.9 Å². The summed E-state index contributed by atoms with van der Waals surface area (Å²) in [6, 6.07) is 10.2. The summed E-state index contributed by atoms with van der Waals surface area (Å²) in [6.07, 6.45) is 3.23. The van der Waals surface area contributed by atoms with E-state index in [-0.39, 0.29) is 16.5 Å². The first-order valence-corrected chi connectivity index (χ1v) is 6.43. The Bertz CT molecular complexity index is 596. The Morgan fingerprint density at radius 2 is 2.05 bits per heavy atom. The van der Waals surface area contributed by atoms with Gasteiger partial charge < -0.3 is 4.74 Å². The van der Waals surface area contributed by atoms with Gasteiger partial charge in [-0.25, -0.2) is 4.98 Å². The summed E-state index contributed by atoms with van der Waals surface area (Å²) in [6.45, 7) is 0.592. The molecule has 5 heteroatoms. The molecule has 0 aliphatic rings. The molecule has 100 valence electrons. The van der Waals surface area contributed by atoms with Gasteiger partial charge in [-0.3, -0.25) is 9.36 Å². The smallest absolute Gasteiger partial charge is 0.297 e. The van der Waals surface area contributed by atoms with E-state index in [4.69, 9.17) is 16.3 Å². The second kappa shape index (κ2) is 6.38. The second-order valence-corrected chi connectivity index (χ2v) is 4.51. The fraction of sp³-hybridized carbons (Fsp3) is 0.286. The topological polar surface area (TPSA) is 44.1 Å². The van der Waals surface area contributed by atoms with Crippen molar-refractivity contribution in [3.8, 4) is 5.75 Å². The molecule has 0 bridgehead atoms. The first-order chi connectivity index (χ1) is 9.22. The molecule has 19 heavy (non-hydrogen) atoms. The number of methoxy groups -OCH3 is 1. The van der Waals surface area contributed by atoms with E-state index < -0.39 is 0 Å². The number of rotatable bonds is 5. The molecule has 0 fully saturated rings. The molecule has 0 saturated heterocycles. The van der Waals surface area contributed by atoms with Crippen LogP contribution in [0.1, 0.15) is 12.0 Å². The highest BCUT2D eigenvalue weighted by atomic mass is 35.5. The summed E-state index contributed by atoms with van der Waals surface area (Å²) in [5.74, 6) is 0.101. The van der Waals surface area contributed by atoms with Gasteiger partial charge in [0.05, 0.1) is 13.4 Å². The molecule has 1 aromatic carbocycles. The van der Waals surface area contributed by atoms with E-state index in [0.717, 1.165) is 12.8 Å². The zero-order valence-electron chi connectivity index (χ0n) is 10.7. The van der Waals surface area contributed by atoms with Crippen molar-refractivity contribution in [2.45, 2.75) is 19.4 Å². The van der Waals surface area contributed by atoms with Gasteiger partial charge in [-0.2, -0.15) is 0 Å². The van der Waals surface area contributed by atoms with Gasteiger partial charge in [-0.15, -0.1) is 0 Å². The molecular formula is C14H15ClN2O2. The molecule has 2 rings (SSSR count). The SMILES string of the molecule is COc1c(Cl)ncn(CCCc2ccccc2)c1=O. The fourth-order valence-corrected chi connectivity index (χ4v) is 2.08. The third-order valence-electron chi connectivity index (χ3n) is 2.86. The lowest BCUT2D eigenvalue weighted by molar-refractivity contribution is 0.398. The molecule has 1 aromatic heterocycles. The van der Waals surface area contributed by atoms with Gasteiger partial charge in [0.15, 0.2) is 5.15 Å². The van der Waals surface area contributed by atoms with Crippen molar-refractivity contribution in [1.29, 1.82) is 0 Å². The van der Waals surface area contributed by atoms with Crippen LogP contribution in [0.5, 0.6) is 5.75 Å². The molecule has 0 aliphatic heterocycles. The lowest BCUT2D eigenvalue weighted by Gasteiger charge is -2.08. The Balaban J connectivity index is 2.03. The van der Waals surface area contributed by atoms with E-state index in [1.165, 1.54) is 23.6 Å². The van der Waals surface area contributed by atoms with Gasteiger partial charge in [0.1, 0.15) is 0 Å². The van der Waals surface area contributed by atoms with Crippen LogP contribution in [-0.4, -0.2) is 16.7 Å². The first kappa shape index (κ1) is 13.6. The number of nitrogens with zero attached hydrogens (tertiary/aromatic N) is 2. The number of benzene rings is 1. The molecule has 0 spiro atoms. The number of ether oxygens (including phenoxy) is 1. The minimum atomic E-state index is -0.240. The third-order valence-corrected chi connectivity index (χ3v) is 3.13. The highest BCUT2D eigenvalue weighted by molar-refractivity contribution is 6.30. The summed E-state index contributed by atoms with van der Waals surface area (Å²) >= 11 is 5.78. The Hall–Kier alpha value is -1.81. The minimum absolute atomic E-state index is 0.101. The van der Waals surface area contributed by atoms with Crippen LogP contribution >= 0.6 is 11.6 Å². The van der Waals surface area contributed by atoms with Crippen molar-refractivity contribution in [2.24, 2.45) is 0 Å². The van der Waals surface area contributed by atoms with Crippen molar-refractivity contribution in [1.82, 2.24) is 9.55 Å². The second-order valence-electron chi connectivity index (χ2n) is 4.16. The zero-order chi connectivity index (χ0) is 13.7. The van der Waals surface area contributed by atoms with Gasteiger partial charge in [-0.05, 0) is 18.4 Å². The average Bonchev–Trinajstić information content (AvgIpc) is 2.43. The Labute approximate surface area is 116 Å². The van der Waals surface area contributed by atoms with Crippen molar-refractivity contribution < 1.29 is 4.74 Å². The summed E-state index contributed by atoms with van der Waals surface area (Å²) in [5.41, 5.74) is 1.01. The lowest BCUT2D eigenvalue weighted by Crippen LogP contribution is -2.22. The Morgan fingerprint density at radius 3 is 2.74 bits per heavy atom. The van der Waals surface area contributed by atoms with E-state index in [2.05, 4.69) is 17.1 Å². The standard InChI is InChI=1S/C14H15ClN2O2/c1-19-12-13(15)16-10-17(14(12)18)9-5-8-11-6-3-2-4-7-11/h2-4,6-7,10H,5,8-9H2,1H3. The van der Waals surface area contributed by atoms with Gasteiger partial charge in [0, 0.05) is 6.54 Å². The average molecular weight is 279 g/mol. The summed E-state index contributed by atoms with van der Waals surface area (Å²) in [5, 5.41) is 0.104. The number of halogens is 1. The Kier molecular flexibility index (Phi) is 4.58. The van der Waals surface area contributed by atoms with E-state index >= 15 is 0 Å². The van der Waals surface area contributed by atoms with Crippen molar-refractivity contribution in [2.75, 3.05) is 7.11 Å². The van der Waals surface area contributed by atoms with Crippen molar-refractivity contribution >= 4 is 11.6 Å². The number of aryl methyl sites for hydroxylation is 2. The predicted molar refractivity (Wildman–Crippen MR) is 74.8 cm³/mol. The largest absolute Gasteiger partial charge is 0.489 e. The number of hydrogen-bond acceptors (Lipinski definition) is 3. The maximum Gasteiger partial charge on any atom is 0.297 e. The summed E-state index contributed by atoms with van der Waals surface area (Å²) < 4.78 is 6.47. The summed E-state index contributed by atoms with van der Waals surface area (Å²) in [7, 11) is 1.42. The van der Waals surface area contributed by atoms with Crippen LogP contribution in [0.15, 0.2) is 41.5 Å². The predicted octanol–water partition coefficient (Wildman–Crippen LogP) is 2.54. The van der Waals surface area contributed by atoms with E-state index in [9.17, 15) is 4.79 Å². The molecule has 2 aromatic rings. The van der Waals surface area contributed by atoms with E-state index in [1.54, 1.807) is 0 Å². The molecule has 0 aliphatic carbocycles. The number of aromatic nitrogens is 2. The van der Waals surface area contributed by atoms with Crippen LogP contribution in [0.25, 0.3) is 0 Å². The van der Waals surface area contributed by atoms with Gasteiger partial charge in [0.25, 0.3) is 5.56 Å². The molecule has 4 nitrogen and oxygen atoms in total. The highest BCUT2D eigenvalue weighted by Crippen LogP contribution is 2.14. The maximum atomic E-state index is 12.0. The normalized spacial score (nSPS) is 10.4. The first-order valence-electron chi connectivity index (χ1n) is 6.05. The van der Waals surface area contributed by atoms with Crippen LogP contribution < -0.4 is 10.3 Å². The number of hydrogen-bond donors (Lipinski definition) is 0. The summed E-state index contributed by atoms with van der Waals surface area (Å²) in [4.78, 5) is 15.9. The molecule has 0 amide bonds. The Morgan fingerprint density at radius 1 is 1.32 bits per heavy atom.